The summed E-state index contributed by atoms with van der Waals surface area (Å²) in [5.74, 6) is 0. The predicted molar refractivity (Wildman–Crippen MR) is 71.4 cm³/mol. The van der Waals surface area contributed by atoms with Crippen LogP contribution in [0.2, 0.25) is 0 Å². The first-order chi connectivity index (χ1) is 9.29. The second-order valence-electron chi connectivity index (χ2n) is 4.32. The van der Waals surface area contributed by atoms with E-state index in [4.69, 9.17) is 0 Å². The second kappa shape index (κ2) is 7.09. The molecule has 0 saturated carbocycles. The zero-order chi connectivity index (χ0) is 15.3. The number of hydrogen-bond donors (Lipinski definition) is 2. The van der Waals surface area contributed by atoms with Crippen LogP contribution in [-0.4, -0.2) is 44.3 Å². The van der Waals surface area contributed by atoms with Crippen molar-refractivity contribution in [3.63, 3.8) is 0 Å². The molecular weight excluding hydrogens is 290 g/mol. The number of alkyl halides is 2. The Kier molecular flexibility index (Phi) is 6.03. The number of hydrogen-bond acceptors (Lipinski definition) is 4. The monoisotopic (exact) mass is 310 g/mol. The normalized spacial score (nSPS) is 12.3. The lowest BCUT2D eigenvalue weighted by Gasteiger charge is -2.08. The molecule has 0 amide bonds. The molecule has 20 heavy (non-hydrogen) atoms. The van der Waals surface area contributed by atoms with Crippen LogP contribution >= 0.6 is 0 Å². The Morgan fingerprint density at radius 2 is 2.00 bits per heavy atom. The largest absolute Gasteiger partial charge is 0.315 e. The van der Waals surface area contributed by atoms with Crippen molar-refractivity contribution >= 4 is 10.0 Å². The van der Waals surface area contributed by atoms with E-state index in [1.54, 1.807) is 18.5 Å². The molecule has 0 atom stereocenters. The average Bonchev–Trinajstić information content (AvgIpc) is 2.63. The summed E-state index contributed by atoms with van der Waals surface area (Å²) in [7, 11) is -3.96. The molecule has 0 aromatic carbocycles. The molecule has 116 valence electrons. The maximum absolute atomic E-state index is 12.1. The number of sulfonamides is 1. The summed E-state index contributed by atoms with van der Waals surface area (Å²) in [4.78, 5) is -0.0188. The van der Waals surface area contributed by atoms with Gasteiger partial charge in [-0.25, -0.2) is 21.9 Å². The van der Waals surface area contributed by atoms with Crippen molar-refractivity contribution in [2.45, 2.75) is 38.6 Å². The van der Waals surface area contributed by atoms with E-state index >= 15 is 0 Å². The van der Waals surface area contributed by atoms with Gasteiger partial charge < -0.3 is 5.32 Å². The highest BCUT2D eigenvalue weighted by molar-refractivity contribution is 7.89. The lowest BCUT2D eigenvalue weighted by Crippen LogP contribution is -2.29. The van der Waals surface area contributed by atoms with Gasteiger partial charge in [-0.1, -0.05) is 6.92 Å². The van der Waals surface area contributed by atoms with E-state index < -0.39 is 23.0 Å². The molecule has 0 aliphatic carbocycles. The van der Waals surface area contributed by atoms with Gasteiger partial charge in [0.25, 0.3) is 6.43 Å². The fourth-order valence-corrected chi connectivity index (χ4v) is 3.31. The van der Waals surface area contributed by atoms with Crippen molar-refractivity contribution in [1.82, 2.24) is 19.8 Å². The highest BCUT2D eigenvalue weighted by Crippen LogP contribution is 2.19. The maximum Gasteiger partial charge on any atom is 0.251 e. The van der Waals surface area contributed by atoms with Gasteiger partial charge in [0.1, 0.15) is 4.90 Å². The van der Waals surface area contributed by atoms with Gasteiger partial charge in [-0.05, 0) is 20.4 Å². The van der Waals surface area contributed by atoms with E-state index in [1.807, 2.05) is 11.6 Å². The highest BCUT2D eigenvalue weighted by atomic mass is 32.2. The SMILES string of the molecule is CCNCCn1nc(C)c(S(=O)(=O)NCC(F)F)c1C. The van der Waals surface area contributed by atoms with Gasteiger partial charge >= 0.3 is 0 Å². The molecular formula is C11H20F2N4O2S. The standard InChI is InChI=1S/C11H20F2N4O2S/c1-4-14-5-6-17-9(3)11(8(2)16-17)20(18,19)15-7-10(12)13/h10,14-15H,4-7H2,1-3H3. The minimum atomic E-state index is -3.96. The van der Waals surface area contributed by atoms with E-state index in [1.165, 1.54) is 0 Å². The summed E-state index contributed by atoms with van der Waals surface area (Å²) in [6.45, 7) is 6.21. The fraction of sp³-hybridized carbons (Fsp3) is 0.727. The first-order valence-corrected chi connectivity index (χ1v) is 7.80. The zero-order valence-electron chi connectivity index (χ0n) is 11.8. The molecule has 1 aromatic rings. The van der Waals surface area contributed by atoms with Crippen LogP contribution in [0.15, 0.2) is 4.90 Å². The molecule has 1 aromatic heterocycles. The van der Waals surface area contributed by atoms with Crippen molar-refractivity contribution < 1.29 is 17.2 Å². The van der Waals surface area contributed by atoms with E-state index in [9.17, 15) is 17.2 Å². The van der Waals surface area contributed by atoms with Crippen LogP contribution in [0.3, 0.4) is 0 Å². The van der Waals surface area contributed by atoms with Crippen molar-refractivity contribution in [3.05, 3.63) is 11.4 Å². The van der Waals surface area contributed by atoms with Crippen molar-refractivity contribution in [2.75, 3.05) is 19.6 Å². The summed E-state index contributed by atoms with van der Waals surface area (Å²) < 4.78 is 51.7. The lowest BCUT2D eigenvalue weighted by molar-refractivity contribution is 0.153. The van der Waals surface area contributed by atoms with Gasteiger partial charge in [0, 0.05) is 6.54 Å². The molecule has 0 bridgehead atoms. The van der Waals surface area contributed by atoms with Crippen LogP contribution in [0.25, 0.3) is 0 Å². The summed E-state index contributed by atoms with van der Waals surface area (Å²) >= 11 is 0. The van der Waals surface area contributed by atoms with Crippen LogP contribution in [0.1, 0.15) is 18.3 Å². The van der Waals surface area contributed by atoms with Crippen LogP contribution < -0.4 is 10.0 Å². The van der Waals surface area contributed by atoms with Gasteiger partial charge in [-0.3, -0.25) is 4.68 Å². The second-order valence-corrected chi connectivity index (χ2v) is 6.02. The van der Waals surface area contributed by atoms with Crippen LogP contribution in [0, 0.1) is 13.8 Å². The molecule has 0 radical (unpaired) electrons. The Labute approximate surface area is 117 Å². The molecule has 9 heteroatoms. The van der Waals surface area contributed by atoms with E-state index in [0.29, 0.717) is 24.5 Å². The Balaban J connectivity index is 2.95. The molecule has 6 nitrogen and oxygen atoms in total. The van der Waals surface area contributed by atoms with E-state index in [0.717, 1.165) is 6.54 Å². The number of halogens is 2. The number of rotatable bonds is 8. The minimum Gasteiger partial charge on any atom is -0.315 e. The Bertz CT molecular complexity index is 543. The number of nitrogens with zero attached hydrogens (tertiary/aromatic N) is 2. The molecule has 0 aliphatic rings. The topological polar surface area (TPSA) is 76.0 Å². The van der Waals surface area contributed by atoms with Crippen molar-refractivity contribution in [1.29, 1.82) is 0 Å². The summed E-state index contributed by atoms with van der Waals surface area (Å²) in [6.07, 6.45) is -2.73. The quantitative estimate of drug-likeness (QED) is 0.691. The zero-order valence-corrected chi connectivity index (χ0v) is 12.6. The molecule has 0 saturated heterocycles. The lowest BCUT2D eigenvalue weighted by atomic mass is 10.4. The summed E-state index contributed by atoms with van der Waals surface area (Å²) in [6, 6.07) is 0. The maximum atomic E-state index is 12.1. The van der Waals surface area contributed by atoms with E-state index in [2.05, 4.69) is 10.4 Å². The number of likely N-dealkylation sites (N-methyl/N-ethyl adjacent to an activating group) is 1. The third kappa shape index (κ3) is 4.22. The third-order valence-electron chi connectivity index (χ3n) is 2.76. The first kappa shape index (κ1) is 17.0. The Morgan fingerprint density at radius 1 is 1.35 bits per heavy atom. The first-order valence-electron chi connectivity index (χ1n) is 6.32. The average molecular weight is 310 g/mol. The molecule has 0 fully saturated rings. The summed E-state index contributed by atoms with van der Waals surface area (Å²) in [5.41, 5.74) is 0.753. The fourth-order valence-electron chi connectivity index (χ4n) is 1.89. The number of aryl methyl sites for hydroxylation is 1. The molecule has 0 unspecified atom stereocenters. The van der Waals surface area contributed by atoms with Crippen LogP contribution in [0.5, 0.6) is 0 Å². The molecule has 0 aliphatic heterocycles. The van der Waals surface area contributed by atoms with Gasteiger partial charge in [-0.2, -0.15) is 5.10 Å². The molecule has 1 rings (SSSR count). The molecule has 2 N–H and O–H groups in total. The van der Waals surface area contributed by atoms with Crippen molar-refractivity contribution in [2.24, 2.45) is 0 Å². The highest BCUT2D eigenvalue weighted by Gasteiger charge is 2.25. The van der Waals surface area contributed by atoms with E-state index in [-0.39, 0.29) is 4.90 Å². The number of aromatic nitrogens is 2. The third-order valence-corrected chi connectivity index (χ3v) is 4.44. The van der Waals surface area contributed by atoms with Gasteiger partial charge in [0.2, 0.25) is 10.0 Å². The molecule has 1 heterocycles. The molecule has 0 spiro atoms. The smallest absolute Gasteiger partial charge is 0.251 e. The van der Waals surface area contributed by atoms with Crippen LogP contribution in [-0.2, 0) is 16.6 Å². The minimum absolute atomic E-state index is 0.0188. The Hall–Kier alpha value is -1.06. The number of nitrogens with one attached hydrogen (secondary N) is 2. The van der Waals surface area contributed by atoms with Crippen molar-refractivity contribution in [3.8, 4) is 0 Å². The van der Waals surface area contributed by atoms with Gasteiger partial charge in [0.15, 0.2) is 0 Å². The van der Waals surface area contributed by atoms with Crippen LogP contribution in [0.4, 0.5) is 8.78 Å². The van der Waals surface area contributed by atoms with Gasteiger partial charge in [-0.15, -0.1) is 0 Å². The summed E-state index contributed by atoms with van der Waals surface area (Å²) in [5, 5.41) is 7.25. The Morgan fingerprint density at radius 3 is 2.55 bits per heavy atom. The predicted octanol–water partition coefficient (Wildman–Crippen LogP) is 0.653. The van der Waals surface area contributed by atoms with Gasteiger partial charge in [0.05, 0.1) is 24.5 Å².